The van der Waals surface area contributed by atoms with Crippen LogP contribution in [0.3, 0.4) is 0 Å². The van der Waals surface area contributed by atoms with E-state index in [-0.39, 0.29) is 5.91 Å². The summed E-state index contributed by atoms with van der Waals surface area (Å²) in [7, 11) is 4.28. The maximum absolute atomic E-state index is 12.6. The number of carbonyl (C=O) groups is 1. The van der Waals surface area contributed by atoms with Gasteiger partial charge in [0.05, 0.1) is 0 Å². The van der Waals surface area contributed by atoms with Gasteiger partial charge in [0.1, 0.15) is 0 Å². The van der Waals surface area contributed by atoms with Crippen LogP contribution in [0, 0.1) is 0 Å². The van der Waals surface area contributed by atoms with E-state index < -0.39 is 0 Å². The summed E-state index contributed by atoms with van der Waals surface area (Å²) in [6.07, 6.45) is 7.47. The highest BCUT2D eigenvalue weighted by Gasteiger charge is 2.23. The predicted molar refractivity (Wildman–Crippen MR) is 94.9 cm³/mol. The maximum Gasteiger partial charge on any atom is 0.251 e. The second-order valence-electron chi connectivity index (χ2n) is 6.87. The first kappa shape index (κ1) is 16.1. The van der Waals surface area contributed by atoms with E-state index in [1.165, 1.54) is 5.56 Å². The minimum absolute atomic E-state index is 0.0588. The number of nitrogens with zero attached hydrogens (tertiary/aromatic N) is 1. The molecule has 0 aliphatic heterocycles. The van der Waals surface area contributed by atoms with E-state index in [1.54, 1.807) is 0 Å². The lowest BCUT2D eigenvalue weighted by atomic mass is 9.90. The minimum Gasteiger partial charge on any atom is -0.361 e. The predicted octanol–water partition coefficient (Wildman–Crippen LogP) is 3.33. The van der Waals surface area contributed by atoms with Crippen molar-refractivity contribution < 1.29 is 4.79 Å². The molecule has 1 aliphatic carbocycles. The smallest absolute Gasteiger partial charge is 0.251 e. The molecule has 0 saturated heterocycles. The fourth-order valence-electron chi connectivity index (χ4n) is 3.62. The molecule has 1 aliphatic rings. The molecule has 1 amide bonds. The third-order valence-corrected chi connectivity index (χ3v) is 5.17. The van der Waals surface area contributed by atoms with Gasteiger partial charge in [-0.15, -0.1) is 0 Å². The van der Waals surface area contributed by atoms with Crippen molar-refractivity contribution in [1.29, 1.82) is 0 Å². The Bertz CT molecular complexity index is 681. The van der Waals surface area contributed by atoms with Gasteiger partial charge in [-0.25, -0.2) is 0 Å². The number of nitrogens with one attached hydrogen (secondary N) is 2. The van der Waals surface area contributed by atoms with Crippen molar-refractivity contribution in [2.24, 2.45) is 0 Å². The largest absolute Gasteiger partial charge is 0.361 e. The highest BCUT2D eigenvalue weighted by atomic mass is 16.1. The van der Waals surface area contributed by atoms with E-state index in [4.69, 9.17) is 0 Å². The van der Waals surface area contributed by atoms with E-state index in [0.717, 1.165) is 48.6 Å². The second-order valence-corrected chi connectivity index (χ2v) is 6.87. The van der Waals surface area contributed by atoms with Crippen molar-refractivity contribution in [3.8, 4) is 0 Å². The second kappa shape index (κ2) is 6.75. The van der Waals surface area contributed by atoms with Crippen LogP contribution in [-0.2, 0) is 6.42 Å². The molecule has 1 aromatic carbocycles. The third-order valence-electron chi connectivity index (χ3n) is 5.17. The molecule has 3 rings (SSSR count). The van der Waals surface area contributed by atoms with Crippen LogP contribution < -0.4 is 5.32 Å². The molecule has 1 heterocycles. The van der Waals surface area contributed by atoms with Crippen LogP contribution in [-0.4, -0.2) is 42.0 Å². The molecular weight excluding hydrogens is 286 g/mol. The van der Waals surface area contributed by atoms with Gasteiger partial charge >= 0.3 is 0 Å². The Morgan fingerprint density at radius 3 is 2.65 bits per heavy atom. The highest BCUT2D eigenvalue weighted by Crippen LogP contribution is 2.23. The average Bonchev–Trinajstić information content (AvgIpc) is 2.97. The molecule has 1 aromatic heterocycles. The molecule has 2 aromatic rings. The molecule has 4 nitrogen and oxygen atoms in total. The van der Waals surface area contributed by atoms with Crippen LogP contribution in [0.2, 0.25) is 0 Å². The van der Waals surface area contributed by atoms with Crippen molar-refractivity contribution in [1.82, 2.24) is 15.2 Å². The van der Waals surface area contributed by atoms with Gasteiger partial charge in [-0.1, -0.05) is 6.92 Å². The van der Waals surface area contributed by atoms with Gasteiger partial charge < -0.3 is 15.2 Å². The van der Waals surface area contributed by atoms with Crippen molar-refractivity contribution in [2.45, 2.75) is 51.1 Å². The van der Waals surface area contributed by atoms with Crippen molar-refractivity contribution >= 4 is 16.8 Å². The third kappa shape index (κ3) is 3.42. The summed E-state index contributed by atoms with van der Waals surface area (Å²) in [6, 6.07) is 6.91. The summed E-state index contributed by atoms with van der Waals surface area (Å²) >= 11 is 0. The van der Waals surface area contributed by atoms with Gasteiger partial charge in [-0.05, 0) is 70.0 Å². The molecule has 23 heavy (non-hydrogen) atoms. The fraction of sp³-hybridized carbons (Fsp3) is 0.526. The standard InChI is InChI=1S/C19H27N3O/c1-4-13-12-20-18-10-5-14(11-17(13)18)19(23)21-15-6-8-16(9-7-15)22(2)3/h5,10-12,15-16,20H,4,6-9H2,1-3H3,(H,21,23). The summed E-state index contributed by atoms with van der Waals surface area (Å²) in [5.41, 5.74) is 3.13. The molecule has 2 N–H and O–H groups in total. The van der Waals surface area contributed by atoms with Crippen molar-refractivity contribution in [2.75, 3.05) is 14.1 Å². The zero-order valence-electron chi connectivity index (χ0n) is 14.4. The topological polar surface area (TPSA) is 48.1 Å². The van der Waals surface area contributed by atoms with Gasteiger partial charge in [-0.3, -0.25) is 4.79 Å². The van der Waals surface area contributed by atoms with Crippen LogP contribution in [0.5, 0.6) is 0 Å². The summed E-state index contributed by atoms with van der Waals surface area (Å²) in [4.78, 5) is 18.1. The summed E-state index contributed by atoms with van der Waals surface area (Å²) in [5.74, 6) is 0.0588. The van der Waals surface area contributed by atoms with E-state index >= 15 is 0 Å². The van der Waals surface area contributed by atoms with Gasteiger partial charge in [0, 0.05) is 34.7 Å². The fourth-order valence-corrected chi connectivity index (χ4v) is 3.62. The zero-order chi connectivity index (χ0) is 16.4. The number of H-pyrrole nitrogens is 1. The van der Waals surface area contributed by atoms with Crippen molar-refractivity contribution in [3.63, 3.8) is 0 Å². The molecule has 0 spiro atoms. The Labute approximate surface area is 138 Å². The monoisotopic (exact) mass is 313 g/mol. The molecule has 1 saturated carbocycles. The number of fused-ring (bicyclic) bond motifs is 1. The van der Waals surface area contributed by atoms with E-state index in [9.17, 15) is 4.79 Å². The molecule has 0 radical (unpaired) electrons. The molecule has 0 bridgehead atoms. The van der Waals surface area contributed by atoms with Gasteiger partial charge in [0.15, 0.2) is 0 Å². The first-order valence-electron chi connectivity index (χ1n) is 8.65. The van der Waals surface area contributed by atoms with Crippen LogP contribution in [0.4, 0.5) is 0 Å². The number of aromatic amines is 1. The molecule has 4 heteroatoms. The Balaban J connectivity index is 1.67. The van der Waals surface area contributed by atoms with Crippen LogP contribution in [0.1, 0.15) is 48.5 Å². The maximum atomic E-state index is 12.6. The van der Waals surface area contributed by atoms with Crippen LogP contribution in [0.25, 0.3) is 10.9 Å². The van der Waals surface area contributed by atoms with E-state index in [2.05, 4.69) is 36.2 Å². The lowest BCUT2D eigenvalue weighted by molar-refractivity contribution is 0.0916. The molecule has 0 atom stereocenters. The van der Waals surface area contributed by atoms with Gasteiger partial charge in [-0.2, -0.15) is 0 Å². The average molecular weight is 313 g/mol. The molecule has 124 valence electrons. The summed E-state index contributed by atoms with van der Waals surface area (Å²) in [6.45, 7) is 2.14. The molecule has 1 fully saturated rings. The normalized spacial score (nSPS) is 21.7. The molecule has 0 unspecified atom stereocenters. The SMILES string of the molecule is CCc1c[nH]c2ccc(C(=O)NC3CCC(N(C)C)CC3)cc12. The minimum atomic E-state index is 0.0588. The molecular formula is C19H27N3O. The lowest BCUT2D eigenvalue weighted by Crippen LogP contribution is -2.41. The van der Waals surface area contributed by atoms with Crippen molar-refractivity contribution in [3.05, 3.63) is 35.5 Å². The van der Waals surface area contributed by atoms with Gasteiger partial charge in [0.25, 0.3) is 5.91 Å². The number of aryl methyl sites for hydroxylation is 1. The Kier molecular flexibility index (Phi) is 4.71. The quantitative estimate of drug-likeness (QED) is 0.909. The lowest BCUT2D eigenvalue weighted by Gasteiger charge is -2.33. The Morgan fingerprint density at radius 2 is 2.00 bits per heavy atom. The first-order chi connectivity index (χ1) is 11.1. The van der Waals surface area contributed by atoms with Crippen LogP contribution in [0.15, 0.2) is 24.4 Å². The number of aromatic nitrogens is 1. The zero-order valence-corrected chi connectivity index (χ0v) is 14.4. The first-order valence-corrected chi connectivity index (χ1v) is 8.65. The van der Waals surface area contributed by atoms with E-state index in [0.29, 0.717) is 12.1 Å². The number of hydrogen-bond acceptors (Lipinski definition) is 2. The number of carbonyl (C=O) groups excluding carboxylic acids is 1. The summed E-state index contributed by atoms with van der Waals surface area (Å²) < 4.78 is 0. The van der Waals surface area contributed by atoms with E-state index in [1.807, 2.05) is 24.4 Å². The number of benzene rings is 1. The highest BCUT2D eigenvalue weighted by molar-refractivity contribution is 5.98. The Hall–Kier alpha value is -1.81. The number of hydrogen-bond donors (Lipinski definition) is 2. The Morgan fingerprint density at radius 1 is 1.26 bits per heavy atom. The van der Waals surface area contributed by atoms with Gasteiger partial charge in [0.2, 0.25) is 0 Å². The number of amides is 1. The van der Waals surface area contributed by atoms with Crippen LogP contribution >= 0.6 is 0 Å². The number of rotatable bonds is 4. The summed E-state index contributed by atoms with van der Waals surface area (Å²) in [5, 5.41) is 4.38.